The van der Waals surface area contributed by atoms with Gasteiger partial charge in [0.2, 0.25) is 5.91 Å². The van der Waals surface area contributed by atoms with Crippen molar-refractivity contribution < 1.29 is 4.79 Å². The van der Waals surface area contributed by atoms with E-state index in [1.165, 1.54) is 35.7 Å². The summed E-state index contributed by atoms with van der Waals surface area (Å²) in [4.78, 5) is 13.2. The van der Waals surface area contributed by atoms with Crippen LogP contribution in [-0.4, -0.2) is 18.2 Å². The summed E-state index contributed by atoms with van der Waals surface area (Å²) in [5.41, 5.74) is 4.57. The van der Waals surface area contributed by atoms with Crippen LogP contribution in [0.4, 0.5) is 11.4 Å². The number of aryl methyl sites for hydroxylation is 1. The molecular formula is C20H21N3OS. The van der Waals surface area contributed by atoms with Gasteiger partial charge in [0, 0.05) is 10.6 Å². The summed E-state index contributed by atoms with van der Waals surface area (Å²) in [6, 6.07) is 16.0. The fourth-order valence-electron chi connectivity index (χ4n) is 3.12. The number of rotatable bonds is 6. The summed E-state index contributed by atoms with van der Waals surface area (Å²) in [5.74, 6) is 0.278. The Balaban J connectivity index is 1.62. The summed E-state index contributed by atoms with van der Waals surface area (Å²) < 4.78 is 0. The second-order valence-electron chi connectivity index (χ2n) is 6.00. The highest BCUT2D eigenvalue weighted by atomic mass is 32.2. The lowest BCUT2D eigenvalue weighted by Gasteiger charge is -2.20. The largest absolute Gasteiger partial charge is 0.376 e. The maximum atomic E-state index is 12.3. The molecule has 0 heterocycles. The normalized spacial score (nSPS) is 12.8. The van der Waals surface area contributed by atoms with Crippen LogP contribution < -0.4 is 10.6 Å². The van der Waals surface area contributed by atoms with Gasteiger partial charge in [0.25, 0.3) is 0 Å². The van der Waals surface area contributed by atoms with Gasteiger partial charge in [-0.15, -0.1) is 11.8 Å². The Kier molecular flexibility index (Phi) is 5.97. The molecule has 0 fully saturated rings. The molecule has 4 nitrogen and oxygen atoms in total. The van der Waals surface area contributed by atoms with E-state index in [9.17, 15) is 4.79 Å². The molecule has 1 aliphatic rings. The Hall–Kier alpha value is -2.45. The van der Waals surface area contributed by atoms with Crippen LogP contribution >= 0.6 is 11.8 Å². The lowest BCUT2D eigenvalue weighted by Crippen LogP contribution is -2.23. The molecule has 0 aliphatic heterocycles. The molecule has 0 unspecified atom stereocenters. The first-order valence-electron chi connectivity index (χ1n) is 8.51. The van der Waals surface area contributed by atoms with Gasteiger partial charge in [-0.1, -0.05) is 24.3 Å². The highest BCUT2D eigenvalue weighted by Crippen LogP contribution is 2.28. The highest BCUT2D eigenvalue weighted by Gasteiger charge is 2.13. The first-order valence-corrected chi connectivity index (χ1v) is 9.50. The molecule has 2 aromatic carbocycles. The lowest BCUT2D eigenvalue weighted by molar-refractivity contribution is -0.114. The van der Waals surface area contributed by atoms with Crippen molar-refractivity contribution in [1.82, 2.24) is 0 Å². The number of amides is 1. The summed E-state index contributed by atoms with van der Waals surface area (Å²) in [6.45, 7) is 0.230. The predicted octanol–water partition coefficient (Wildman–Crippen LogP) is 4.23. The molecule has 0 radical (unpaired) electrons. The van der Waals surface area contributed by atoms with Crippen molar-refractivity contribution in [2.75, 3.05) is 22.9 Å². The van der Waals surface area contributed by atoms with Gasteiger partial charge in [-0.2, -0.15) is 5.26 Å². The van der Waals surface area contributed by atoms with Crippen LogP contribution in [0.25, 0.3) is 0 Å². The molecule has 128 valence electrons. The highest BCUT2D eigenvalue weighted by molar-refractivity contribution is 7.99. The number of thioether (sulfide) groups is 1. The van der Waals surface area contributed by atoms with Crippen molar-refractivity contribution in [3.63, 3.8) is 0 Å². The number of nitrogens with one attached hydrogen (secondary N) is 2. The zero-order valence-corrected chi connectivity index (χ0v) is 14.9. The van der Waals surface area contributed by atoms with Gasteiger partial charge >= 0.3 is 0 Å². The molecule has 0 bridgehead atoms. The Morgan fingerprint density at radius 3 is 2.76 bits per heavy atom. The number of carbonyl (C=O) groups excluding carboxylic acids is 1. The van der Waals surface area contributed by atoms with Crippen LogP contribution in [0.5, 0.6) is 0 Å². The van der Waals surface area contributed by atoms with Crippen LogP contribution in [-0.2, 0) is 17.6 Å². The SMILES string of the molecule is N#CCSc1ccccc1NC(=O)CNc1cccc2c1CCCC2. The molecule has 25 heavy (non-hydrogen) atoms. The van der Waals surface area contributed by atoms with Gasteiger partial charge in [0.15, 0.2) is 0 Å². The monoisotopic (exact) mass is 351 g/mol. The van der Waals surface area contributed by atoms with E-state index in [2.05, 4.69) is 28.8 Å². The van der Waals surface area contributed by atoms with Crippen molar-refractivity contribution >= 4 is 29.0 Å². The maximum absolute atomic E-state index is 12.3. The number of hydrogen-bond donors (Lipinski definition) is 2. The number of nitriles is 1. The molecule has 0 atom stereocenters. The van der Waals surface area contributed by atoms with E-state index < -0.39 is 0 Å². The van der Waals surface area contributed by atoms with E-state index in [1.54, 1.807) is 0 Å². The quantitative estimate of drug-likeness (QED) is 0.764. The third kappa shape index (κ3) is 4.55. The second kappa shape index (κ2) is 8.59. The minimum absolute atomic E-state index is 0.0848. The van der Waals surface area contributed by atoms with Gasteiger partial charge in [-0.25, -0.2) is 0 Å². The number of benzene rings is 2. The first kappa shape index (κ1) is 17.4. The van der Waals surface area contributed by atoms with Gasteiger partial charge in [-0.05, 0) is 55.0 Å². The van der Waals surface area contributed by atoms with Gasteiger partial charge in [0.05, 0.1) is 24.1 Å². The summed E-state index contributed by atoms with van der Waals surface area (Å²) >= 11 is 1.43. The fraction of sp³-hybridized carbons (Fsp3) is 0.300. The third-order valence-electron chi connectivity index (χ3n) is 4.29. The fourth-order valence-corrected chi connectivity index (χ4v) is 3.79. The molecule has 5 heteroatoms. The number of para-hydroxylation sites is 1. The molecule has 2 aromatic rings. The van der Waals surface area contributed by atoms with Crippen LogP contribution in [0.15, 0.2) is 47.4 Å². The Bertz CT molecular complexity index is 798. The van der Waals surface area contributed by atoms with Gasteiger partial charge < -0.3 is 10.6 Å². The molecule has 1 amide bonds. The molecule has 0 saturated heterocycles. The van der Waals surface area contributed by atoms with E-state index in [4.69, 9.17) is 5.26 Å². The van der Waals surface area contributed by atoms with Crippen molar-refractivity contribution in [3.8, 4) is 6.07 Å². The van der Waals surface area contributed by atoms with Gasteiger partial charge in [-0.3, -0.25) is 4.79 Å². The minimum Gasteiger partial charge on any atom is -0.376 e. The van der Waals surface area contributed by atoms with E-state index in [1.807, 2.05) is 30.3 Å². The topological polar surface area (TPSA) is 64.9 Å². The average molecular weight is 351 g/mol. The number of anilines is 2. The first-order chi connectivity index (χ1) is 12.3. The summed E-state index contributed by atoms with van der Waals surface area (Å²) in [6.07, 6.45) is 4.66. The predicted molar refractivity (Wildman–Crippen MR) is 103 cm³/mol. The lowest BCUT2D eigenvalue weighted by atomic mass is 9.90. The minimum atomic E-state index is -0.0848. The van der Waals surface area contributed by atoms with E-state index in [-0.39, 0.29) is 12.5 Å². The summed E-state index contributed by atoms with van der Waals surface area (Å²) in [5, 5.41) is 15.0. The van der Waals surface area contributed by atoms with Crippen molar-refractivity contribution in [2.45, 2.75) is 30.6 Å². The van der Waals surface area contributed by atoms with Crippen molar-refractivity contribution in [3.05, 3.63) is 53.6 Å². The van der Waals surface area contributed by atoms with Crippen LogP contribution in [0.2, 0.25) is 0 Å². The van der Waals surface area contributed by atoms with Crippen molar-refractivity contribution in [1.29, 1.82) is 5.26 Å². The number of fused-ring (bicyclic) bond motifs is 1. The smallest absolute Gasteiger partial charge is 0.243 e. The molecule has 2 N–H and O–H groups in total. The van der Waals surface area contributed by atoms with Crippen molar-refractivity contribution in [2.24, 2.45) is 0 Å². The number of hydrogen-bond acceptors (Lipinski definition) is 4. The van der Waals surface area contributed by atoms with Crippen LogP contribution in [0.1, 0.15) is 24.0 Å². The molecule has 3 rings (SSSR count). The van der Waals surface area contributed by atoms with Crippen LogP contribution in [0.3, 0.4) is 0 Å². The van der Waals surface area contributed by atoms with Gasteiger partial charge in [0.1, 0.15) is 0 Å². The Morgan fingerprint density at radius 2 is 1.88 bits per heavy atom. The average Bonchev–Trinajstić information content (AvgIpc) is 2.65. The zero-order chi connectivity index (χ0) is 17.5. The summed E-state index contributed by atoms with van der Waals surface area (Å²) in [7, 11) is 0. The second-order valence-corrected chi connectivity index (χ2v) is 7.01. The van der Waals surface area contributed by atoms with E-state index >= 15 is 0 Å². The van der Waals surface area contributed by atoms with E-state index in [0.717, 1.165) is 29.1 Å². The number of carbonyl (C=O) groups is 1. The van der Waals surface area contributed by atoms with Crippen LogP contribution in [0, 0.1) is 11.3 Å². The number of nitrogens with zero attached hydrogens (tertiary/aromatic N) is 1. The van der Waals surface area contributed by atoms with E-state index in [0.29, 0.717) is 5.75 Å². The molecule has 1 aliphatic carbocycles. The zero-order valence-electron chi connectivity index (χ0n) is 14.0. The third-order valence-corrected chi connectivity index (χ3v) is 5.23. The molecule has 0 saturated carbocycles. The molecule has 0 aromatic heterocycles. The molecular weight excluding hydrogens is 330 g/mol. The molecule has 0 spiro atoms. The Morgan fingerprint density at radius 1 is 1.08 bits per heavy atom. The maximum Gasteiger partial charge on any atom is 0.243 e. The standard InChI is InChI=1S/C20H21N3OS/c21-12-13-25-19-11-4-3-9-18(19)23-20(24)14-22-17-10-5-7-15-6-1-2-8-16(15)17/h3-5,7,9-11,22H,1-2,6,8,13-14H2,(H,23,24). The Labute approximate surface area is 152 Å².